The summed E-state index contributed by atoms with van der Waals surface area (Å²) in [6, 6.07) is 0. The first-order valence-electron chi connectivity index (χ1n) is 4.37. The third-order valence-corrected chi connectivity index (χ3v) is 2.65. The van der Waals surface area contributed by atoms with Gasteiger partial charge in [0.1, 0.15) is 0 Å². The lowest BCUT2D eigenvalue weighted by Crippen LogP contribution is -2.20. The molecule has 0 fully saturated rings. The second kappa shape index (κ2) is 4.00. The predicted molar refractivity (Wildman–Crippen MR) is 47.8 cm³/mol. The average Bonchev–Trinajstić information content (AvgIpc) is 1.89. The van der Waals surface area contributed by atoms with E-state index in [-0.39, 0.29) is 0 Å². The van der Waals surface area contributed by atoms with Gasteiger partial charge in [-0.1, -0.05) is 47.0 Å². The molecule has 0 aliphatic rings. The fraction of sp³-hybridized carbons (Fsp3) is 0.900. The summed E-state index contributed by atoms with van der Waals surface area (Å²) in [6.45, 7) is 13.3. The Bertz CT molecular complexity index is 82.0. The fourth-order valence-corrected chi connectivity index (χ4v) is 1.03. The largest absolute Gasteiger partial charge is 0.0654 e. The maximum absolute atomic E-state index is 4.17. The van der Waals surface area contributed by atoms with E-state index >= 15 is 0 Å². The minimum absolute atomic E-state index is 0.440. The molecule has 0 heteroatoms. The quantitative estimate of drug-likeness (QED) is 0.560. The van der Waals surface area contributed by atoms with Gasteiger partial charge in [0, 0.05) is 0 Å². The summed E-state index contributed by atoms with van der Waals surface area (Å²) >= 11 is 0. The van der Waals surface area contributed by atoms with Crippen molar-refractivity contribution in [3.05, 3.63) is 6.92 Å². The van der Waals surface area contributed by atoms with Crippen LogP contribution in [0.2, 0.25) is 0 Å². The molecule has 1 radical (unpaired) electrons. The van der Waals surface area contributed by atoms with E-state index in [2.05, 4.69) is 34.6 Å². The predicted octanol–water partition coefficient (Wildman–Crippen LogP) is 3.67. The Morgan fingerprint density at radius 2 is 1.80 bits per heavy atom. The monoisotopic (exact) mass is 141 g/mol. The highest BCUT2D eigenvalue weighted by molar-refractivity contribution is 4.78. The summed E-state index contributed by atoms with van der Waals surface area (Å²) < 4.78 is 0. The van der Waals surface area contributed by atoms with Gasteiger partial charge < -0.3 is 0 Å². The third-order valence-electron chi connectivity index (χ3n) is 2.65. The summed E-state index contributed by atoms with van der Waals surface area (Å²) in [5.41, 5.74) is 0.440. The molecule has 61 valence electrons. The van der Waals surface area contributed by atoms with Gasteiger partial charge in [0.05, 0.1) is 0 Å². The molecule has 0 aromatic carbocycles. The van der Waals surface area contributed by atoms with Crippen LogP contribution in [0.25, 0.3) is 0 Å². The molecule has 10 heavy (non-hydrogen) atoms. The second-order valence-corrected chi connectivity index (χ2v) is 3.83. The Labute approximate surface area is 66.0 Å². The van der Waals surface area contributed by atoms with Crippen molar-refractivity contribution in [1.82, 2.24) is 0 Å². The highest BCUT2D eigenvalue weighted by atomic mass is 14.3. The Balaban J connectivity index is 3.78. The van der Waals surface area contributed by atoms with Gasteiger partial charge in [-0.2, -0.15) is 0 Å². The highest BCUT2D eigenvalue weighted by Crippen LogP contribution is 2.32. The van der Waals surface area contributed by atoms with E-state index in [4.69, 9.17) is 0 Å². The molecule has 0 heterocycles. The molecule has 1 atom stereocenters. The van der Waals surface area contributed by atoms with Gasteiger partial charge in [-0.05, 0) is 18.3 Å². The molecular formula is C10H21. The molecule has 1 unspecified atom stereocenters. The summed E-state index contributed by atoms with van der Waals surface area (Å²) in [7, 11) is 0. The average molecular weight is 141 g/mol. The van der Waals surface area contributed by atoms with Crippen LogP contribution in [0.1, 0.15) is 47.0 Å². The van der Waals surface area contributed by atoms with Gasteiger partial charge >= 0.3 is 0 Å². The molecule has 0 aromatic rings. The van der Waals surface area contributed by atoms with Gasteiger partial charge in [-0.15, -0.1) is 0 Å². The molecule has 0 bridgehead atoms. The molecule has 0 saturated heterocycles. The van der Waals surface area contributed by atoms with Gasteiger partial charge in [0.2, 0.25) is 0 Å². The van der Waals surface area contributed by atoms with Crippen molar-refractivity contribution in [2.75, 3.05) is 0 Å². The maximum atomic E-state index is 4.17. The first kappa shape index (κ1) is 10.0. The summed E-state index contributed by atoms with van der Waals surface area (Å²) in [4.78, 5) is 0. The van der Waals surface area contributed by atoms with Crippen molar-refractivity contribution in [2.24, 2.45) is 11.3 Å². The third kappa shape index (κ3) is 2.72. The van der Waals surface area contributed by atoms with E-state index in [1.165, 1.54) is 19.3 Å². The van der Waals surface area contributed by atoms with Crippen LogP contribution in [-0.4, -0.2) is 0 Å². The molecule has 0 rings (SSSR count). The number of hydrogen-bond acceptors (Lipinski definition) is 0. The van der Waals surface area contributed by atoms with E-state index < -0.39 is 0 Å². The smallest absolute Gasteiger partial charge is 0.0329 e. The first-order valence-corrected chi connectivity index (χ1v) is 4.37. The van der Waals surface area contributed by atoms with Gasteiger partial charge in [-0.3, -0.25) is 0 Å². The van der Waals surface area contributed by atoms with E-state index in [1.807, 2.05) is 0 Å². The molecule has 0 aliphatic carbocycles. The van der Waals surface area contributed by atoms with E-state index in [9.17, 15) is 0 Å². The molecular weight excluding hydrogens is 120 g/mol. The molecule has 0 N–H and O–H groups in total. The van der Waals surface area contributed by atoms with Gasteiger partial charge in [0.15, 0.2) is 0 Å². The normalized spacial score (nSPS) is 15.3. The van der Waals surface area contributed by atoms with Crippen LogP contribution < -0.4 is 0 Å². The maximum Gasteiger partial charge on any atom is -0.0329 e. The van der Waals surface area contributed by atoms with Crippen molar-refractivity contribution < 1.29 is 0 Å². The second-order valence-electron chi connectivity index (χ2n) is 3.83. The Hall–Kier alpha value is 0. The standard InChI is InChI=1S/C10H21/c1-6-8-9(3)10(4,5)7-2/h9H,3,6-8H2,1-2,4-5H3. The molecule has 0 spiro atoms. The van der Waals surface area contributed by atoms with Crippen molar-refractivity contribution in [1.29, 1.82) is 0 Å². The van der Waals surface area contributed by atoms with Crippen LogP contribution in [0.3, 0.4) is 0 Å². The van der Waals surface area contributed by atoms with E-state index in [0.29, 0.717) is 11.3 Å². The van der Waals surface area contributed by atoms with Crippen LogP contribution in [0.15, 0.2) is 0 Å². The molecule has 0 nitrogen and oxygen atoms in total. The van der Waals surface area contributed by atoms with Crippen LogP contribution >= 0.6 is 0 Å². The minimum Gasteiger partial charge on any atom is -0.0654 e. The van der Waals surface area contributed by atoms with Crippen molar-refractivity contribution in [3.63, 3.8) is 0 Å². The van der Waals surface area contributed by atoms with Gasteiger partial charge in [0.25, 0.3) is 0 Å². The fourth-order valence-electron chi connectivity index (χ4n) is 1.03. The minimum atomic E-state index is 0.440. The lowest BCUT2D eigenvalue weighted by Gasteiger charge is -2.30. The molecule has 0 aromatic heterocycles. The summed E-state index contributed by atoms with van der Waals surface area (Å²) in [5.74, 6) is 0.627. The zero-order chi connectivity index (χ0) is 8.20. The van der Waals surface area contributed by atoms with Gasteiger partial charge in [-0.25, -0.2) is 0 Å². The van der Waals surface area contributed by atoms with Crippen LogP contribution in [0.4, 0.5) is 0 Å². The van der Waals surface area contributed by atoms with Crippen molar-refractivity contribution in [3.8, 4) is 0 Å². The van der Waals surface area contributed by atoms with Crippen LogP contribution in [0, 0.1) is 18.3 Å². The SMILES string of the molecule is [CH2]C(CCC)C(C)(C)CC. The van der Waals surface area contributed by atoms with E-state index in [0.717, 1.165) is 0 Å². The topological polar surface area (TPSA) is 0 Å². The molecule has 0 aliphatic heterocycles. The highest BCUT2D eigenvalue weighted by Gasteiger charge is 2.22. The number of rotatable bonds is 4. The summed E-state index contributed by atoms with van der Waals surface area (Å²) in [6.07, 6.45) is 3.76. The zero-order valence-electron chi connectivity index (χ0n) is 7.91. The zero-order valence-corrected chi connectivity index (χ0v) is 7.91. The lowest BCUT2D eigenvalue weighted by atomic mass is 9.76. The lowest BCUT2D eigenvalue weighted by molar-refractivity contribution is 0.233. The Morgan fingerprint density at radius 3 is 2.10 bits per heavy atom. The van der Waals surface area contributed by atoms with E-state index in [1.54, 1.807) is 0 Å². The summed E-state index contributed by atoms with van der Waals surface area (Å²) in [5, 5.41) is 0. The van der Waals surface area contributed by atoms with Crippen LogP contribution in [-0.2, 0) is 0 Å². The molecule has 0 amide bonds. The Kier molecular flexibility index (Phi) is 4.00. The Morgan fingerprint density at radius 1 is 1.30 bits per heavy atom. The first-order chi connectivity index (χ1) is 4.54. The van der Waals surface area contributed by atoms with Crippen molar-refractivity contribution >= 4 is 0 Å². The van der Waals surface area contributed by atoms with Crippen LogP contribution in [0.5, 0.6) is 0 Å². The molecule has 0 saturated carbocycles. The number of hydrogen-bond donors (Lipinski definition) is 0. The van der Waals surface area contributed by atoms with Crippen molar-refractivity contribution in [2.45, 2.75) is 47.0 Å².